The summed E-state index contributed by atoms with van der Waals surface area (Å²) in [4.78, 5) is 46.0. The van der Waals surface area contributed by atoms with E-state index in [0.717, 1.165) is 51.6 Å². The first kappa shape index (κ1) is 33.0. The summed E-state index contributed by atoms with van der Waals surface area (Å²) in [5.74, 6) is -1.38. The number of benzene rings is 4. The minimum absolute atomic E-state index is 0.0108. The number of carbonyl (C=O) groups is 2. The third kappa shape index (κ3) is 6.70. The number of nitro groups is 1. The summed E-state index contributed by atoms with van der Waals surface area (Å²) >= 11 is 12.8. The fourth-order valence-electron chi connectivity index (χ4n) is 6.63. The lowest BCUT2D eigenvalue weighted by Gasteiger charge is -2.22. The van der Waals surface area contributed by atoms with Crippen molar-refractivity contribution >= 4 is 74.2 Å². The number of para-hydroxylation sites is 2. The third-order valence-corrected chi connectivity index (χ3v) is 9.55. The van der Waals surface area contributed by atoms with E-state index in [1.807, 2.05) is 66.9 Å². The number of nitrogens with zero attached hydrogens (tertiary/aromatic N) is 2. The van der Waals surface area contributed by atoms with Gasteiger partial charge in [0, 0.05) is 57.1 Å². The Labute approximate surface area is 297 Å². The van der Waals surface area contributed by atoms with Gasteiger partial charge in [0.15, 0.2) is 6.61 Å². The molecule has 1 aliphatic rings. The molecule has 1 aliphatic carbocycles. The van der Waals surface area contributed by atoms with Gasteiger partial charge in [-0.25, -0.2) is 9.78 Å². The van der Waals surface area contributed by atoms with Crippen LogP contribution in [-0.4, -0.2) is 39.9 Å². The molecular weight excluding hydrogens is 675 g/mol. The number of esters is 1. The van der Waals surface area contributed by atoms with Crippen molar-refractivity contribution < 1.29 is 19.2 Å². The average Bonchev–Trinajstić information content (AvgIpc) is 3.55. The number of rotatable bonds is 9. The number of H-pyrrole nitrogens is 1. The number of aromatic amines is 1. The number of pyridine rings is 1. The lowest BCUT2D eigenvalue weighted by atomic mass is 9.86. The zero-order valence-electron chi connectivity index (χ0n) is 26.6. The molecule has 1 amide bonds. The quantitative estimate of drug-likeness (QED) is 0.0879. The Morgan fingerprint density at radius 1 is 0.960 bits per heavy atom. The molecule has 0 saturated heterocycles. The Hall–Kier alpha value is -5.51. The SMILES string of the molecule is O=C(COC(=O)c1c2c(nc3ccccc13)/C(=C\c1ccc([N+](=O)[O-])cc1)CCC2)NCC(c1ccc(Cl)cc1Cl)c1c[nH]c2ccccc12. The van der Waals surface area contributed by atoms with E-state index in [2.05, 4.69) is 10.3 Å². The van der Waals surface area contributed by atoms with Crippen molar-refractivity contribution in [1.82, 2.24) is 15.3 Å². The highest BCUT2D eigenvalue weighted by atomic mass is 35.5. The molecule has 2 heterocycles. The molecule has 250 valence electrons. The number of amides is 1. The maximum atomic E-state index is 13.8. The minimum atomic E-state index is -0.611. The van der Waals surface area contributed by atoms with Crippen molar-refractivity contribution in [3.05, 3.63) is 151 Å². The van der Waals surface area contributed by atoms with E-state index in [4.69, 9.17) is 32.9 Å². The second-order valence-electron chi connectivity index (χ2n) is 12.1. The van der Waals surface area contributed by atoms with Crippen LogP contribution in [0.1, 0.15) is 57.1 Å². The van der Waals surface area contributed by atoms with Crippen LogP contribution in [0, 0.1) is 10.1 Å². The van der Waals surface area contributed by atoms with E-state index in [9.17, 15) is 19.7 Å². The summed E-state index contributed by atoms with van der Waals surface area (Å²) in [7, 11) is 0. The molecule has 0 fully saturated rings. The summed E-state index contributed by atoms with van der Waals surface area (Å²) in [5.41, 5.74) is 6.88. The predicted molar refractivity (Wildman–Crippen MR) is 196 cm³/mol. The van der Waals surface area contributed by atoms with Gasteiger partial charge >= 0.3 is 5.97 Å². The van der Waals surface area contributed by atoms with Crippen LogP contribution in [0.2, 0.25) is 10.0 Å². The Balaban J connectivity index is 1.13. The number of non-ortho nitro benzene ring substituents is 1. The summed E-state index contributed by atoms with van der Waals surface area (Å²) in [6.07, 6.45) is 5.96. The van der Waals surface area contributed by atoms with Gasteiger partial charge < -0.3 is 15.0 Å². The van der Waals surface area contributed by atoms with Gasteiger partial charge in [-0.3, -0.25) is 14.9 Å². The summed E-state index contributed by atoms with van der Waals surface area (Å²) in [6.45, 7) is -0.283. The van der Waals surface area contributed by atoms with Crippen LogP contribution in [0.15, 0.2) is 97.2 Å². The van der Waals surface area contributed by atoms with Crippen LogP contribution in [0.4, 0.5) is 5.69 Å². The van der Waals surface area contributed by atoms with E-state index in [1.165, 1.54) is 12.1 Å². The van der Waals surface area contributed by atoms with Crippen LogP contribution >= 0.6 is 23.2 Å². The predicted octanol–water partition coefficient (Wildman–Crippen LogP) is 8.91. The Morgan fingerprint density at radius 2 is 1.72 bits per heavy atom. The first-order chi connectivity index (χ1) is 24.3. The van der Waals surface area contributed by atoms with Crippen LogP contribution in [0.3, 0.4) is 0 Å². The van der Waals surface area contributed by atoms with E-state index in [-0.39, 0.29) is 18.2 Å². The highest BCUT2D eigenvalue weighted by Crippen LogP contribution is 2.37. The van der Waals surface area contributed by atoms with E-state index in [1.54, 1.807) is 24.3 Å². The van der Waals surface area contributed by atoms with Crippen LogP contribution in [0.25, 0.3) is 33.5 Å². The molecule has 2 N–H and O–H groups in total. The monoisotopic (exact) mass is 704 g/mol. The zero-order valence-corrected chi connectivity index (χ0v) is 28.1. The van der Waals surface area contributed by atoms with Crippen molar-refractivity contribution in [3.63, 3.8) is 0 Å². The number of aromatic nitrogens is 2. The molecule has 0 radical (unpaired) electrons. The van der Waals surface area contributed by atoms with E-state index >= 15 is 0 Å². The smallest absolute Gasteiger partial charge is 0.339 e. The third-order valence-electron chi connectivity index (χ3n) is 8.99. The maximum absolute atomic E-state index is 13.8. The molecule has 1 atom stereocenters. The second-order valence-corrected chi connectivity index (χ2v) is 12.9. The molecular formula is C39H30Cl2N4O5. The number of ether oxygens (including phenoxy) is 1. The van der Waals surface area contributed by atoms with Crippen LogP contribution in [-0.2, 0) is 16.0 Å². The van der Waals surface area contributed by atoms with Gasteiger partial charge in [-0.15, -0.1) is 0 Å². The van der Waals surface area contributed by atoms with Gasteiger partial charge in [-0.1, -0.05) is 65.7 Å². The molecule has 2 aromatic heterocycles. The van der Waals surface area contributed by atoms with Gasteiger partial charge in [0.1, 0.15) is 0 Å². The lowest BCUT2D eigenvalue weighted by Crippen LogP contribution is -2.33. The largest absolute Gasteiger partial charge is 0.452 e. The molecule has 6 aromatic rings. The summed E-state index contributed by atoms with van der Waals surface area (Å²) < 4.78 is 5.68. The number of halogens is 2. The molecule has 0 spiro atoms. The van der Waals surface area contributed by atoms with Gasteiger partial charge in [-0.2, -0.15) is 0 Å². The number of carbonyl (C=O) groups excluding carboxylic acids is 2. The van der Waals surface area contributed by atoms with Crippen molar-refractivity contribution in [2.45, 2.75) is 25.2 Å². The molecule has 7 rings (SSSR count). The Morgan fingerprint density at radius 3 is 2.50 bits per heavy atom. The highest BCUT2D eigenvalue weighted by molar-refractivity contribution is 6.35. The molecule has 11 heteroatoms. The molecule has 0 saturated carbocycles. The maximum Gasteiger partial charge on any atom is 0.339 e. The normalized spacial score (nSPS) is 14.0. The van der Waals surface area contributed by atoms with Gasteiger partial charge in [0.2, 0.25) is 0 Å². The molecule has 9 nitrogen and oxygen atoms in total. The topological polar surface area (TPSA) is 127 Å². The number of nitrogens with one attached hydrogen (secondary N) is 2. The number of allylic oxidation sites excluding steroid dienone is 1. The second kappa shape index (κ2) is 14.2. The Kier molecular flexibility index (Phi) is 9.34. The molecule has 1 unspecified atom stereocenters. The average molecular weight is 706 g/mol. The number of hydrogen-bond acceptors (Lipinski definition) is 6. The van der Waals surface area contributed by atoms with Gasteiger partial charge in [-0.05, 0) is 89.6 Å². The molecule has 0 aliphatic heterocycles. The van der Waals surface area contributed by atoms with Gasteiger partial charge in [0.05, 0.1) is 21.7 Å². The lowest BCUT2D eigenvalue weighted by molar-refractivity contribution is -0.384. The fraction of sp³-hybridized carbons (Fsp3) is 0.154. The summed E-state index contributed by atoms with van der Waals surface area (Å²) in [6, 6.07) is 26.8. The van der Waals surface area contributed by atoms with Crippen molar-refractivity contribution in [3.8, 4) is 0 Å². The first-order valence-corrected chi connectivity index (χ1v) is 16.8. The van der Waals surface area contributed by atoms with Crippen LogP contribution < -0.4 is 5.32 Å². The standard InChI is InChI=1S/C39H30Cl2N4O5/c40-25-14-17-27(33(41)19-25)31(32-20-42-34-10-3-1-7-28(32)34)21-43-36(46)22-50-39(47)37-29-8-2-4-11-35(29)44-38-24(6-5-9-30(37)38)18-23-12-15-26(16-13-23)45(48)49/h1-4,7-8,10-20,31,42H,5-6,9,21-22H2,(H,43,46)/b24-18-. The van der Waals surface area contributed by atoms with Crippen molar-refractivity contribution in [2.75, 3.05) is 13.2 Å². The first-order valence-electron chi connectivity index (χ1n) is 16.1. The van der Waals surface area contributed by atoms with E-state index in [0.29, 0.717) is 38.6 Å². The molecule has 50 heavy (non-hydrogen) atoms. The number of fused-ring (bicyclic) bond motifs is 3. The Bertz CT molecular complexity index is 2320. The van der Waals surface area contributed by atoms with Crippen molar-refractivity contribution in [2.24, 2.45) is 0 Å². The highest BCUT2D eigenvalue weighted by Gasteiger charge is 2.27. The summed E-state index contributed by atoms with van der Waals surface area (Å²) in [5, 5.41) is 16.7. The van der Waals surface area contributed by atoms with E-state index < -0.39 is 23.4 Å². The number of nitro benzene ring substituents is 1. The molecule has 4 aromatic carbocycles. The van der Waals surface area contributed by atoms with Crippen molar-refractivity contribution in [1.29, 1.82) is 0 Å². The minimum Gasteiger partial charge on any atom is -0.452 e. The molecule has 0 bridgehead atoms. The van der Waals surface area contributed by atoms with Crippen LogP contribution in [0.5, 0.6) is 0 Å². The van der Waals surface area contributed by atoms with Gasteiger partial charge in [0.25, 0.3) is 11.6 Å². The number of hydrogen-bond donors (Lipinski definition) is 2. The zero-order chi connectivity index (χ0) is 34.8. The fourth-order valence-corrected chi connectivity index (χ4v) is 7.17.